The average molecular weight is 316 g/mol. The highest BCUT2D eigenvalue weighted by Crippen LogP contribution is 2.21. The van der Waals surface area contributed by atoms with Crippen molar-refractivity contribution in [2.24, 2.45) is 0 Å². The minimum Gasteiger partial charge on any atom is -0.0991 e. The predicted octanol–water partition coefficient (Wildman–Crippen LogP) is 7.43. The number of hydrogen-bond acceptors (Lipinski definition) is 0. The molecule has 0 radical (unpaired) electrons. The highest BCUT2D eigenvalue weighted by molar-refractivity contribution is 5.91. The molecule has 0 saturated carbocycles. The molecule has 0 heteroatoms. The van der Waals surface area contributed by atoms with Crippen LogP contribution in [0.1, 0.15) is 31.9 Å². The van der Waals surface area contributed by atoms with E-state index in [2.05, 4.69) is 75.6 Å². The van der Waals surface area contributed by atoms with Gasteiger partial charge in [-0.1, -0.05) is 97.1 Å². The zero-order valence-corrected chi connectivity index (χ0v) is 15.3. The van der Waals surface area contributed by atoms with Gasteiger partial charge in [0.1, 0.15) is 0 Å². The molecular formula is C24H28. The maximum Gasteiger partial charge on any atom is -0.0111 e. The van der Waals surface area contributed by atoms with Gasteiger partial charge in [-0.3, -0.25) is 0 Å². The van der Waals surface area contributed by atoms with Crippen LogP contribution in [0.3, 0.4) is 0 Å². The molecular weight excluding hydrogens is 288 g/mol. The van der Waals surface area contributed by atoms with Crippen LogP contribution in [0.15, 0.2) is 91.1 Å². The van der Waals surface area contributed by atoms with Crippen molar-refractivity contribution in [3.05, 3.63) is 102 Å². The van der Waals surface area contributed by atoms with E-state index in [1.165, 1.54) is 27.5 Å². The molecule has 0 aliphatic carbocycles. The van der Waals surface area contributed by atoms with Gasteiger partial charge in [0.25, 0.3) is 0 Å². The third kappa shape index (κ3) is 6.26. The molecule has 0 aliphatic heterocycles. The summed E-state index contributed by atoms with van der Waals surface area (Å²) < 4.78 is 0. The van der Waals surface area contributed by atoms with E-state index < -0.39 is 0 Å². The van der Waals surface area contributed by atoms with E-state index >= 15 is 0 Å². The summed E-state index contributed by atoms with van der Waals surface area (Å²) in [6.45, 7) is 15.7. The van der Waals surface area contributed by atoms with Crippen molar-refractivity contribution in [3.8, 4) is 0 Å². The highest BCUT2D eigenvalue weighted by atomic mass is 14.0. The van der Waals surface area contributed by atoms with Crippen LogP contribution in [0.2, 0.25) is 0 Å². The Morgan fingerprint density at radius 2 is 1.79 bits per heavy atom. The Hall–Kier alpha value is -2.60. The monoisotopic (exact) mass is 316 g/mol. The van der Waals surface area contributed by atoms with Gasteiger partial charge >= 0.3 is 0 Å². The molecule has 0 atom stereocenters. The number of hydrogen-bond donors (Lipinski definition) is 0. The van der Waals surface area contributed by atoms with Crippen molar-refractivity contribution in [1.29, 1.82) is 0 Å². The van der Waals surface area contributed by atoms with Crippen molar-refractivity contribution >= 4 is 16.8 Å². The molecule has 2 aromatic rings. The molecule has 0 heterocycles. The lowest BCUT2D eigenvalue weighted by Crippen LogP contribution is -1.79. The number of allylic oxidation sites excluding steroid dienone is 7. The first-order chi connectivity index (χ1) is 11.5. The first-order valence-corrected chi connectivity index (χ1v) is 8.23. The second-order valence-electron chi connectivity index (χ2n) is 5.82. The Bertz CT molecular complexity index is 783. The molecule has 0 unspecified atom stereocenters. The van der Waals surface area contributed by atoms with Crippen molar-refractivity contribution < 1.29 is 0 Å². The number of benzene rings is 2. The van der Waals surface area contributed by atoms with E-state index in [0.717, 1.165) is 5.57 Å². The summed E-state index contributed by atoms with van der Waals surface area (Å²) in [7, 11) is 0. The summed E-state index contributed by atoms with van der Waals surface area (Å²) in [5.41, 5.74) is 4.92. The summed E-state index contributed by atoms with van der Waals surface area (Å²) in [5.74, 6) is 0. The number of aryl methyl sites for hydroxylation is 1. The smallest absolute Gasteiger partial charge is 0.0111 e. The van der Waals surface area contributed by atoms with Gasteiger partial charge in [-0.2, -0.15) is 0 Å². The zero-order chi connectivity index (χ0) is 17.9. The molecule has 0 N–H and O–H groups in total. The van der Waals surface area contributed by atoms with Crippen LogP contribution in [-0.4, -0.2) is 0 Å². The van der Waals surface area contributed by atoms with Crippen LogP contribution in [0.25, 0.3) is 16.8 Å². The minimum atomic E-state index is 1.13. The average Bonchev–Trinajstić information content (AvgIpc) is 2.57. The molecule has 2 rings (SSSR count). The first kappa shape index (κ1) is 19.4. The van der Waals surface area contributed by atoms with Gasteiger partial charge in [-0.25, -0.2) is 0 Å². The summed E-state index contributed by atoms with van der Waals surface area (Å²) in [6, 6.07) is 12.9. The van der Waals surface area contributed by atoms with Crippen LogP contribution in [-0.2, 0) is 0 Å². The molecule has 0 spiro atoms. The fraction of sp³-hybridized carbons (Fsp3) is 0.167. The Morgan fingerprint density at radius 3 is 2.42 bits per heavy atom. The van der Waals surface area contributed by atoms with Crippen molar-refractivity contribution in [3.63, 3.8) is 0 Å². The fourth-order valence-corrected chi connectivity index (χ4v) is 2.13. The minimum absolute atomic E-state index is 1.13. The molecule has 124 valence electrons. The quantitative estimate of drug-likeness (QED) is 0.514. The normalized spacial score (nSPS) is 11.6. The lowest BCUT2D eigenvalue weighted by molar-refractivity contribution is 1.36. The summed E-state index contributed by atoms with van der Waals surface area (Å²) >= 11 is 0. The first-order valence-electron chi connectivity index (χ1n) is 8.23. The van der Waals surface area contributed by atoms with Gasteiger partial charge < -0.3 is 0 Å². The van der Waals surface area contributed by atoms with Gasteiger partial charge in [0.05, 0.1) is 0 Å². The summed E-state index contributed by atoms with van der Waals surface area (Å²) in [6.07, 6.45) is 11.9. The second kappa shape index (κ2) is 10.2. The fourth-order valence-electron chi connectivity index (χ4n) is 2.13. The maximum atomic E-state index is 3.81. The molecule has 0 amide bonds. The van der Waals surface area contributed by atoms with E-state index in [-0.39, 0.29) is 0 Å². The predicted molar refractivity (Wildman–Crippen MR) is 111 cm³/mol. The Morgan fingerprint density at radius 1 is 1.04 bits per heavy atom. The Kier molecular flexibility index (Phi) is 8.29. The van der Waals surface area contributed by atoms with E-state index in [9.17, 15) is 0 Å². The SMILES string of the molecule is C=C(C)/C(C)=C\C=C/C.C=C/C=C/c1cccc2cc(C)ccc12. The van der Waals surface area contributed by atoms with E-state index in [1.807, 2.05) is 32.1 Å². The molecule has 2 aromatic carbocycles. The molecule has 0 aliphatic rings. The number of rotatable bonds is 4. The number of fused-ring (bicyclic) bond motifs is 1. The van der Waals surface area contributed by atoms with Crippen molar-refractivity contribution in [2.75, 3.05) is 0 Å². The third-order valence-electron chi connectivity index (χ3n) is 3.69. The zero-order valence-electron chi connectivity index (χ0n) is 15.3. The van der Waals surface area contributed by atoms with E-state index in [1.54, 1.807) is 6.08 Å². The molecule has 0 fully saturated rings. The molecule has 24 heavy (non-hydrogen) atoms. The van der Waals surface area contributed by atoms with E-state index in [4.69, 9.17) is 0 Å². The summed E-state index contributed by atoms with van der Waals surface area (Å²) in [4.78, 5) is 0. The maximum absolute atomic E-state index is 3.81. The van der Waals surface area contributed by atoms with Crippen LogP contribution in [0.5, 0.6) is 0 Å². The molecule has 0 aromatic heterocycles. The van der Waals surface area contributed by atoms with Gasteiger partial charge in [-0.15, -0.1) is 0 Å². The molecule has 0 saturated heterocycles. The second-order valence-corrected chi connectivity index (χ2v) is 5.82. The standard InChI is InChI=1S/C15H14.C9H14/c1-3-4-6-13-7-5-8-14-11-12(2)9-10-15(13)14;1-5-6-7-9(4)8(2)3/h3-11H,1H2,2H3;5-7H,2H2,1,3-4H3/b6-4+;6-5-,9-7-. The topological polar surface area (TPSA) is 0 Å². The Balaban J connectivity index is 0.000000277. The third-order valence-corrected chi connectivity index (χ3v) is 3.69. The largest absolute Gasteiger partial charge is 0.0991 e. The lowest BCUT2D eigenvalue weighted by atomic mass is 10.0. The van der Waals surface area contributed by atoms with Crippen LogP contribution in [0, 0.1) is 6.92 Å². The van der Waals surface area contributed by atoms with Crippen molar-refractivity contribution in [1.82, 2.24) is 0 Å². The van der Waals surface area contributed by atoms with Crippen LogP contribution < -0.4 is 0 Å². The van der Waals surface area contributed by atoms with Gasteiger partial charge in [0, 0.05) is 0 Å². The van der Waals surface area contributed by atoms with E-state index in [0.29, 0.717) is 0 Å². The molecule has 0 nitrogen and oxygen atoms in total. The lowest BCUT2D eigenvalue weighted by Gasteiger charge is -2.02. The van der Waals surface area contributed by atoms with Crippen LogP contribution >= 0.6 is 0 Å². The van der Waals surface area contributed by atoms with Gasteiger partial charge in [0.15, 0.2) is 0 Å². The van der Waals surface area contributed by atoms with Crippen LogP contribution in [0.4, 0.5) is 0 Å². The van der Waals surface area contributed by atoms with Crippen molar-refractivity contribution in [2.45, 2.75) is 27.7 Å². The van der Waals surface area contributed by atoms with Gasteiger partial charge in [-0.05, 0) is 49.6 Å². The Labute approximate surface area is 147 Å². The molecule has 0 bridgehead atoms. The highest BCUT2D eigenvalue weighted by Gasteiger charge is 1.97. The summed E-state index contributed by atoms with van der Waals surface area (Å²) in [5, 5.41) is 2.59. The van der Waals surface area contributed by atoms with Gasteiger partial charge in [0.2, 0.25) is 0 Å².